The normalized spacial score (nSPS) is 87.1. The van der Waals surface area contributed by atoms with Crippen LogP contribution in [0.5, 0.6) is 0 Å². The minimum atomic E-state index is -3.24. The van der Waals surface area contributed by atoms with Crippen LogP contribution >= 0.6 is 0 Å². The predicted molar refractivity (Wildman–Crippen MR) is 43.7 cm³/mol. The van der Waals surface area contributed by atoms with Crippen molar-refractivity contribution in [3.8, 4) is 0 Å². The molecule has 0 aromatic carbocycles. The topological polar surface area (TPSA) is 36.9 Å². The quantitative estimate of drug-likeness (QED) is 0.613. The van der Waals surface area contributed by atoms with Gasteiger partial charge < -0.3 is 0 Å². The van der Waals surface area contributed by atoms with Gasteiger partial charge in [-0.25, -0.2) is 0 Å². The van der Waals surface area contributed by atoms with Crippen molar-refractivity contribution in [1.29, 1.82) is 0 Å². The Morgan fingerprint density at radius 2 is 0.846 bits per heavy atom. The summed E-state index contributed by atoms with van der Waals surface area (Å²) in [5.41, 5.74) is -1.08. The van der Waals surface area contributed by atoms with E-state index in [1.54, 1.807) is 0 Å². The molecule has 4 nitrogen and oxygen atoms in total. The van der Waals surface area contributed by atoms with E-state index in [2.05, 4.69) is 27.7 Å². The molecule has 4 aliphatic heterocycles. The van der Waals surface area contributed by atoms with Gasteiger partial charge in [-0.2, -0.15) is 0 Å². The SMILES string of the molecule is CC12O[Te]34OC1(C)C(C)(O3)C2(C)O4. The van der Waals surface area contributed by atoms with Gasteiger partial charge in [0, 0.05) is 0 Å². The zero-order valence-corrected chi connectivity index (χ0v) is 10.4. The molecule has 4 heterocycles. The average Bonchev–Trinajstić information content (AvgIpc) is 2.43. The molecule has 0 aromatic heterocycles. The molecule has 5 rings (SSSR count). The third-order valence-electron chi connectivity index (χ3n) is 4.72. The van der Waals surface area contributed by atoms with Crippen molar-refractivity contribution < 1.29 is 12.4 Å². The molecule has 1 spiro atoms. The van der Waals surface area contributed by atoms with Crippen LogP contribution < -0.4 is 0 Å². The van der Waals surface area contributed by atoms with Crippen LogP contribution in [0.2, 0.25) is 0 Å². The number of hydrogen-bond donors (Lipinski definition) is 0. The van der Waals surface area contributed by atoms with Crippen LogP contribution in [0.4, 0.5) is 0 Å². The van der Waals surface area contributed by atoms with Crippen LogP contribution in [0.25, 0.3) is 0 Å². The molecule has 5 fully saturated rings. The fourth-order valence-electron chi connectivity index (χ4n) is 3.31. The second-order valence-corrected chi connectivity index (χ2v) is 9.11. The zero-order chi connectivity index (χ0) is 9.33. The average molecular weight is 300 g/mol. The maximum atomic E-state index is 5.87. The summed E-state index contributed by atoms with van der Waals surface area (Å²) in [5, 5.41) is 0. The molecule has 13 heavy (non-hydrogen) atoms. The van der Waals surface area contributed by atoms with E-state index < -0.39 is 19.8 Å². The van der Waals surface area contributed by atoms with E-state index in [-0.39, 0.29) is 22.4 Å². The zero-order valence-electron chi connectivity index (χ0n) is 8.04. The molecule has 0 radical (unpaired) electrons. The van der Waals surface area contributed by atoms with Gasteiger partial charge in [0.15, 0.2) is 0 Å². The Kier molecular flexibility index (Phi) is 0.861. The molecule has 5 heteroatoms. The maximum absolute atomic E-state index is 5.87. The van der Waals surface area contributed by atoms with Crippen LogP contribution in [0.3, 0.4) is 0 Å². The van der Waals surface area contributed by atoms with Gasteiger partial charge in [0.2, 0.25) is 0 Å². The first-order chi connectivity index (χ1) is 5.83. The predicted octanol–water partition coefficient (Wildman–Crippen LogP) is 0.578. The fraction of sp³-hybridized carbons (Fsp3) is 1.00. The third kappa shape index (κ3) is 0.388. The van der Waals surface area contributed by atoms with Crippen LogP contribution in [0.15, 0.2) is 0 Å². The summed E-state index contributed by atoms with van der Waals surface area (Å²) in [6.07, 6.45) is 0. The number of rotatable bonds is 0. The molecule has 5 bridgehead atoms. The van der Waals surface area contributed by atoms with E-state index in [0.29, 0.717) is 0 Å². The first-order valence-electron chi connectivity index (χ1n) is 4.48. The molecule has 0 aromatic rings. The van der Waals surface area contributed by atoms with Crippen molar-refractivity contribution in [2.75, 3.05) is 0 Å². The van der Waals surface area contributed by atoms with E-state index >= 15 is 0 Å². The van der Waals surface area contributed by atoms with Gasteiger partial charge in [-0.15, -0.1) is 0 Å². The van der Waals surface area contributed by atoms with Crippen LogP contribution in [-0.4, -0.2) is 42.2 Å². The molecule has 1 saturated carbocycles. The molecule has 74 valence electrons. The van der Waals surface area contributed by atoms with Gasteiger partial charge in [0.25, 0.3) is 0 Å². The van der Waals surface area contributed by atoms with E-state index in [9.17, 15) is 0 Å². The van der Waals surface area contributed by atoms with Crippen LogP contribution in [0.1, 0.15) is 27.7 Å². The summed E-state index contributed by atoms with van der Waals surface area (Å²) in [6.45, 7) is 8.32. The fourth-order valence-corrected chi connectivity index (χ4v) is 12.2. The summed E-state index contributed by atoms with van der Waals surface area (Å²) in [6, 6.07) is 0. The Morgan fingerprint density at radius 1 is 0.615 bits per heavy atom. The monoisotopic (exact) mass is 302 g/mol. The summed E-state index contributed by atoms with van der Waals surface area (Å²) < 4.78 is 23.5. The van der Waals surface area contributed by atoms with Crippen molar-refractivity contribution >= 4 is 19.8 Å². The second-order valence-electron chi connectivity index (χ2n) is 4.87. The van der Waals surface area contributed by atoms with E-state index in [4.69, 9.17) is 12.4 Å². The standard InChI is InChI=1S/C8H12O4Te/c1-5-6(2)8(4)7(5,3)11-13(9-5,10-6)12-8/h1-4H3. The molecule has 5 aliphatic rings. The van der Waals surface area contributed by atoms with Crippen molar-refractivity contribution in [2.45, 2.75) is 50.1 Å². The van der Waals surface area contributed by atoms with Crippen molar-refractivity contribution in [3.63, 3.8) is 0 Å². The Hall–Kier alpha value is 0.630. The van der Waals surface area contributed by atoms with Crippen molar-refractivity contribution in [2.24, 2.45) is 0 Å². The molecule has 0 N–H and O–H groups in total. The van der Waals surface area contributed by atoms with Gasteiger partial charge in [-0.1, -0.05) is 0 Å². The van der Waals surface area contributed by atoms with E-state index in [1.807, 2.05) is 0 Å². The minimum absolute atomic E-state index is 0.270. The van der Waals surface area contributed by atoms with E-state index in [1.165, 1.54) is 0 Å². The van der Waals surface area contributed by atoms with E-state index in [0.717, 1.165) is 0 Å². The molecule has 1 aliphatic carbocycles. The number of hydrogen-bond acceptors (Lipinski definition) is 4. The van der Waals surface area contributed by atoms with Crippen molar-refractivity contribution in [1.82, 2.24) is 0 Å². The Morgan fingerprint density at radius 3 is 1.00 bits per heavy atom. The first kappa shape index (κ1) is 7.86. The second kappa shape index (κ2) is 1.42. The Labute approximate surface area is 82.5 Å². The summed E-state index contributed by atoms with van der Waals surface area (Å²) in [7, 11) is 0. The first-order valence-corrected chi connectivity index (χ1v) is 8.29. The Balaban J connectivity index is 2.08. The summed E-state index contributed by atoms with van der Waals surface area (Å²) >= 11 is -3.24. The van der Waals surface area contributed by atoms with Gasteiger partial charge in [-0.3, -0.25) is 0 Å². The van der Waals surface area contributed by atoms with Crippen molar-refractivity contribution in [3.05, 3.63) is 0 Å². The molecular weight excluding hydrogens is 288 g/mol. The molecule has 4 saturated heterocycles. The van der Waals surface area contributed by atoms with Gasteiger partial charge in [0.1, 0.15) is 0 Å². The van der Waals surface area contributed by atoms with Gasteiger partial charge in [0.05, 0.1) is 0 Å². The molecule has 0 atom stereocenters. The van der Waals surface area contributed by atoms with Gasteiger partial charge >= 0.3 is 82.3 Å². The summed E-state index contributed by atoms with van der Waals surface area (Å²) in [4.78, 5) is 0. The molecule has 0 unspecified atom stereocenters. The van der Waals surface area contributed by atoms with Gasteiger partial charge in [-0.05, 0) is 0 Å². The van der Waals surface area contributed by atoms with Crippen LogP contribution in [0, 0.1) is 0 Å². The summed E-state index contributed by atoms with van der Waals surface area (Å²) in [5.74, 6) is 0. The van der Waals surface area contributed by atoms with Crippen LogP contribution in [-0.2, 0) is 12.4 Å². The third-order valence-corrected chi connectivity index (χ3v) is 10.9. The molecular formula is C8H12O4Te. The molecule has 0 amide bonds. The Bertz CT molecular complexity index is 275.